The maximum atomic E-state index is 11.7. The van der Waals surface area contributed by atoms with Crippen LogP contribution in [0.5, 0.6) is 0 Å². The summed E-state index contributed by atoms with van der Waals surface area (Å²) in [4.78, 5) is 22.4. The fraction of sp³-hybridized carbons (Fsp3) is 0.333. The van der Waals surface area contributed by atoms with Crippen LogP contribution in [0.1, 0.15) is 12.0 Å². The van der Waals surface area contributed by atoms with Crippen molar-refractivity contribution in [2.75, 3.05) is 5.32 Å². The van der Waals surface area contributed by atoms with Crippen LogP contribution in [-0.4, -0.2) is 17.0 Å². The van der Waals surface area contributed by atoms with Gasteiger partial charge in [-0.25, -0.2) is 0 Å². The Balaban J connectivity index is 2.05. The predicted molar refractivity (Wildman–Crippen MR) is 64.1 cm³/mol. The molecule has 2 atom stereocenters. The molecule has 1 aliphatic rings. The largest absolute Gasteiger partial charge is 0.481 e. The standard InChI is InChI=1S/C12H12ClNO3/c1-6-9(13)3-2-4-10(6)14-11(15)7-5-8(7)12(16)17/h2-4,7-8H,5H2,1H3,(H,14,15)(H,16,17). The van der Waals surface area contributed by atoms with E-state index in [-0.39, 0.29) is 5.91 Å². The molecule has 0 spiro atoms. The van der Waals surface area contributed by atoms with Gasteiger partial charge in [-0.15, -0.1) is 0 Å². The molecule has 1 saturated carbocycles. The molecule has 0 bridgehead atoms. The number of nitrogens with one attached hydrogen (secondary N) is 1. The Hall–Kier alpha value is -1.55. The minimum atomic E-state index is -0.909. The third kappa shape index (κ3) is 2.42. The molecule has 1 amide bonds. The van der Waals surface area contributed by atoms with E-state index in [4.69, 9.17) is 16.7 Å². The number of carbonyl (C=O) groups is 2. The molecule has 90 valence electrons. The zero-order valence-corrected chi connectivity index (χ0v) is 9.99. The summed E-state index contributed by atoms with van der Waals surface area (Å²) in [6.07, 6.45) is 0.417. The average molecular weight is 254 g/mol. The summed E-state index contributed by atoms with van der Waals surface area (Å²) in [7, 11) is 0. The molecule has 4 nitrogen and oxygen atoms in total. The number of amides is 1. The highest BCUT2D eigenvalue weighted by atomic mass is 35.5. The molecule has 0 aromatic heterocycles. The minimum absolute atomic E-state index is 0.247. The van der Waals surface area contributed by atoms with Gasteiger partial charge < -0.3 is 10.4 Å². The fourth-order valence-corrected chi connectivity index (χ4v) is 1.90. The van der Waals surface area contributed by atoms with Gasteiger partial charge in [0.05, 0.1) is 11.8 Å². The molecule has 2 rings (SSSR count). The molecule has 0 saturated heterocycles. The van der Waals surface area contributed by atoms with Gasteiger partial charge in [0.1, 0.15) is 0 Å². The van der Waals surface area contributed by atoms with E-state index in [1.807, 2.05) is 0 Å². The van der Waals surface area contributed by atoms with Crippen molar-refractivity contribution in [3.05, 3.63) is 28.8 Å². The van der Waals surface area contributed by atoms with Crippen molar-refractivity contribution in [3.63, 3.8) is 0 Å². The molecule has 1 aromatic carbocycles. The van der Waals surface area contributed by atoms with Crippen molar-refractivity contribution >= 4 is 29.2 Å². The number of aliphatic carboxylic acids is 1. The lowest BCUT2D eigenvalue weighted by Crippen LogP contribution is -2.17. The SMILES string of the molecule is Cc1c(Cl)cccc1NC(=O)C1CC1C(=O)O. The second-order valence-corrected chi connectivity index (χ2v) is 4.60. The number of benzene rings is 1. The Bertz CT molecular complexity index is 487. The van der Waals surface area contributed by atoms with Crippen LogP contribution in [0.4, 0.5) is 5.69 Å². The predicted octanol–water partition coefficient (Wildman–Crippen LogP) is 2.31. The summed E-state index contributed by atoms with van der Waals surface area (Å²) in [5.41, 5.74) is 1.42. The van der Waals surface area contributed by atoms with Gasteiger partial charge in [0, 0.05) is 10.7 Å². The Kier molecular flexibility index (Phi) is 3.07. The normalized spacial score (nSPS) is 22.0. The number of hydrogen-bond donors (Lipinski definition) is 2. The average Bonchev–Trinajstić information content (AvgIpc) is 3.04. The molecule has 1 fully saturated rings. The van der Waals surface area contributed by atoms with Crippen molar-refractivity contribution in [3.8, 4) is 0 Å². The molecule has 2 N–H and O–H groups in total. The van der Waals surface area contributed by atoms with Crippen LogP contribution < -0.4 is 5.32 Å². The lowest BCUT2D eigenvalue weighted by atomic mass is 10.2. The van der Waals surface area contributed by atoms with Gasteiger partial charge in [-0.3, -0.25) is 9.59 Å². The van der Waals surface area contributed by atoms with E-state index in [1.165, 1.54) is 0 Å². The minimum Gasteiger partial charge on any atom is -0.481 e. The quantitative estimate of drug-likeness (QED) is 0.869. The van der Waals surface area contributed by atoms with Crippen LogP contribution >= 0.6 is 11.6 Å². The molecule has 1 aliphatic carbocycles. The number of anilines is 1. The Morgan fingerprint density at radius 3 is 2.71 bits per heavy atom. The van der Waals surface area contributed by atoms with Crippen LogP contribution in [-0.2, 0) is 9.59 Å². The highest BCUT2D eigenvalue weighted by molar-refractivity contribution is 6.31. The van der Waals surface area contributed by atoms with E-state index >= 15 is 0 Å². The number of hydrogen-bond acceptors (Lipinski definition) is 2. The first kappa shape index (κ1) is 11.9. The summed E-state index contributed by atoms with van der Waals surface area (Å²) in [5, 5.41) is 12.0. The zero-order valence-electron chi connectivity index (χ0n) is 9.24. The van der Waals surface area contributed by atoms with Gasteiger partial charge in [0.15, 0.2) is 0 Å². The third-order valence-electron chi connectivity index (χ3n) is 2.97. The lowest BCUT2D eigenvalue weighted by Gasteiger charge is -2.08. The summed E-state index contributed by atoms with van der Waals surface area (Å²) >= 11 is 5.93. The zero-order chi connectivity index (χ0) is 12.6. The van der Waals surface area contributed by atoms with Crippen molar-refractivity contribution in [1.82, 2.24) is 0 Å². The van der Waals surface area contributed by atoms with Gasteiger partial charge in [-0.1, -0.05) is 17.7 Å². The lowest BCUT2D eigenvalue weighted by molar-refractivity contribution is -0.139. The van der Waals surface area contributed by atoms with E-state index in [2.05, 4.69) is 5.32 Å². The Morgan fingerprint density at radius 1 is 1.41 bits per heavy atom. The van der Waals surface area contributed by atoms with E-state index in [1.54, 1.807) is 25.1 Å². The molecule has 5 heteroatoms. The molecule has 0 aliphatic heterocycles. The molecule has 17 heavy (non-hydrogen) atoms. The van der Waals surface area contributed by atoms with Gasteiger partial charge in [-0.05, 0) is 31.0 Å². The van der Waals surface area contributed by atoms with Crippen LogP contribution in [0.25, 0.3) is 0 Å². The van der Waals surface area contributed by atoms with Gasteiger partial charge in [0.25, 0.3) is 0 Å². The Labute approximate surface area is 104 Å². The monoisotopic (exact) mass is 253 g/mol. The first-order valence-corrected chi connectivity index (χ1v) is 5.67. The first-order chi connectivity index (χ1) is 8.00. The molecular formula is C12H12ClNO3. The maximum absolute atomic E-state index is 11.7. The smallest absolute Gasteiger partial charge is 0.307 e. The number of rotatable bonds is 3. The molecule has 1 aromatic rings. The highest BCUT2D eigenvalue weighted by Crippen LogP contribution is 2.39. The van der Waals surface area contributed by atoms with Crippen molar-refractivity contribution in [2.24, 2.45) is 11.8 Å². The number of carboxylic acids is 1. The van der Waals surface area contributed by atoms with Crippen LogP contribution in [0.3, 0.4) is 0 Å². The Morgan fingerprint density at radius 2 is 2.12 bits per heavy atom. The number of carbonyl (C=O) groups excluding carboxylic acids is 1. The van der Waals surface area contributed by atoms with E-state index < -0.39 is 17.8 Å². The van der Waals surface area contributed by atoms with Crippen LogP contribution in [0, 0.1) is 18.8 Å². The van der Waals surface area contributed by atoms with Crippen molar-refractivity contribution in [1.29, 1.82) is 0 Å². The molecule has 0 radical (unpaired) electrons. The first-order valence-electron chi connectivity index (χ1n) is 5.29. The number of halogens is 1. The van der Waals surface area contributed by atoms with Gasteiger partial charge >= 0.3 is 5.97 Å². The van der Waals surface area contributed by atoms with Crippen molar-refractivity contribution in [2.45, 2.75) is 13.3 Å². The van der Waals surface area contributed by atoms with Gasteiger partial charge in [0.2, 0.25) is 5.91 Å². The fourth-order valence-electron chi connectivity index (χ4n) is 1.73. The molecule has 0 heterocycles. The highest BCUT2D eigenvalue weighted by Gasteiger charge is 2.48. The maximum Gasteiger partial charge on any atom is 0.307 e. The van der Waals surface area contributed by atoms with E-state index in [0.717, 1.165) is 5.56 Å². The molecular weight excluding hydrogens is 242 g/mol. The van der Waals surface area contributed by atoms with Gasteiger partial charge in [-0.2, -0.15) is 0 Å². The van der Waals surface area contributed by atoms with Crippen LogP contribution in [0.2, 0.25) is 5.02 Å². The van der Waals surface area contributed by atoms with E-state index in [9.17, 15) is 9.59 Å². The summed E-state index contributed by atoms with van der Waals surface area (Å²) in [6, 6.07) is 5.23. The summed E-state index contributed by atoms with van der Waals surface area (Å²) in [5.74, 6) is -2.10. The molecule has 2 unspecified atom stereocenters. The second kappa shape index (κ2) is 4.37. The second-order valence-electron chi connectivity index (χ2n) is 4.19. The summed E-state index contributed by atoms with van der Waals surface area (Å²) < 4.78 is 0. The van der Waals surface area contributed by atoms with Crippen LogP contribution in [0.15, 0.2) is 18.2 Å². The number of carboxylic acid groups (broad SMARTS) is 1. The topological polar surface area (TPSA) is 66.4 Å². The third-order valence-corrected chi connectivity index (χ3v) is 3.38. The summed E-state index contributed by atoms with van der Waals surface area (Å²) in [6.45, 7) is 1.81. The van der Waals surface area contributed by atoms with Crippen molar-refractivity contribution < 1.29 is 14.7 Å². The van der Waals surface area contributed by atoms with E-state index in [0.29, 0.717) is 17.1 Å².